The lowest BCUT2D eigenvalue weighted by atomic mass is 10.1. The van der Waals surface area contributed by atoms with Crippen molar-refractivity contribution in [3.8, 4) is 11.3 Å². The van der Waals surface area contributed by atoms with Crippen molar-refractivity contribution in [3.05, 3.63) is 48.0 Å². The Kier molecular flexibility index (Phi) is 5.96. The van der Waals surface area contributed by atoms with Gasteiger partial charge < -0.3 is 15.9 Å². The topological polar surface area (TPSA) is 117 Å². The van der Waals surface area contributed by atoms with Gasteiger partial charge >= 0.3 is 5.97 Å². The standard InChI is InChI=1S/C18H21N5O.C4H6O2/c19-18-20-17-3-1-2-16(23(17)21-18)14-6-4-13(5-7-14)12-22-10-8-15(24)9-11-22;5-4(6)3-1-2-3/h1-7,15,24H,8-12H2,(H2,19,21);3H,1-2H2,(H,5,6). The van der Waals surface area contributed by atoms with Crippen LogP contribution in [0, 0.1) is 5.92 Å². The molecule has 0 atom stereocenters. The first-order valence-corrected chi connectivity index (χ1v) is 10.3. The van der Waals surface area contributed by atoms with Gasteiger partial charge in [-0.2, -0.15) is 4.98 Å². The number of hydrogen-bond donors (Lipinski definition) is 3. The highest BCUT2D eigenvalue weighted by atomic mass is 16.4. The lowest BCUT2D eigenvalue weighted by Gasteiger charge is -2.29. The third-order valence-corrected chi connectivity index (χ3v) is 5.52. The number of nitrogen functional groups attached to an aromatic ring is 1. The van der Waals surface area contributed by atoms with Crippen molar-refractivity contribution in [2.24, 2.45) is 5.92 Å². The molecule has 4 N–H and O–H groups in total. The first-order chi connectivity index (χ1) is 14.5. The van der Waals surface area contributed by atoms with Gasteiger partial charge in [0.2, 0.25) is 5.95 Å². The summed E-state index contributed by atoms with van der Waals surface area (Å²) in [6.07, 6.45) is 3.41. The first kappa shape index (κ1) is 20.3. The van der Waals surface area contributed by atoms with Gasteiger partial charge in [-0.3, -0.25) is 9.69 Å². The molecule has 0 spiro atoms. The highest BCUT2D eigenvalue weighted by Gasteiger charge is 2.28. The maximum Gasteiger partial charge on any atom is 0.306 e. The Balaban J connectivity index is 0.000000313. The number of carbonyl (C=O) groups is 1. The minimum Gasteiger partial charge on any atom is -0.481 e. The summed E-state index contributed by atoms with van der Waals surface area (Å²) in [5.41, 5.74) is 9.80. The average molecular weight is 409 g/mol. The van der Waals surface area contributed by atoms with E-state index in [-0.39, 0.29) is 18.0 Å². The minimum atomic E-state index is -0.630. The van der Waals surface area contributed by atoms with Crippen LogP contribution >= 0.6 is 0 Å². The second-order valence-electron chi connectivity index (χ2n) is 7.97. The number of carboxylic acid groups (broad SMARTS) is 1. The van der Waals surface area contributed by atoms with Crippen LogP contribution < -0.4 is 5.73 Å². The second kappa shape index (κ2) is 8.81. The van der Waals surface area contributed by atoms with Crippen molar-refractivity contribution in [3.63, 3.8) is 0 Å². The van der Waals surface area contributed by atoms with Gasteiger partial charge in [-0.25, -0.2) is 4.52 Å². The van der Waals surface area contributed by atoms with Gasteiger partial charge in [0.05, 0.1) is 17.7 Å². The van der Waals surface area contributed by atoms with E-state index >= 15 is 0 Å². The smallest absolute Gasteiger partial charge is 0.306 e. The molecule has 0 radical (unpaired) electrons. The van der Waals surface area contributed by atoms with Gasteiger partial charge in [-0.1, -0.05) is 30.3 Å². The van der Waals surface area contributed by atoms with E-state index in [1.165, 1.54) is 5.56 Å². The predicted molar refractivity (Wildman–Crippen MR) is 114 cm³/mol. The van der Waals surface area contributed by atoms with Crippen molar-refractivity contribution < 1.29 is 15.0 Å². The Morgan fingerprint density at radius 1 is 1.07 bits per heavy atom. The summed E-state index contributed by atoms with van der Waals surface area (Å²) in [6, 6.07) is 14.4. The number of rotatable bonds is 4. The third-order valence-electron chi connectivity index (χ3n) is 5.52. The number of fused-ring (bicyclic) bond motifs is 1. The molecule has 3 heterocycles. The average Bonchev–Trinajstić information content (AvgIpc) is 3.52. The Morgan fingerprint density at radius 2 is 1.77 bits per heavy atom. The fourth-order valence-corrected chi connectivity index (χ4v) is 3.59. The Hall–Kier alpha value is -2.97. The van der Waals surface area contributed by atoms with Gasteiger partial charge in [0.15, 0.2) is 5.65 Å². The number of pyridine rings is 1. The van der Waals surface area contributed by atoms with E-state index in [0.717, 1.165) is 62.2 Å². The summed E-state index contributed by atoms with van der Waals surface area (Å²) in [6.45, 7) is 2.84. The fraction of sp³-hybridized carbons (Fsp3) is 0.409. The Bertz CT molecular complexity index is 1010. The molecule has 0 bridgehead atoms. The predicted octanol–water partition coefficient (Wildman–Crippen LogP) is 2.42. The molecule has 5 rings (SSSR count). The largest absolute Gasteiger partial charge is 0.481 e. The lowest BCUT2D eigenvalue weighted by Crippen LogP contribution is -2.35. The molecule has 30 heavy (non-hydrogen) atoms. The molecule has 1 aliphatic heterocycles. The SMILES string of the molecule is Nc1nc2cccc(-c3ccc(CN4CCC(O)CC4)cc3)n2n1.O=C(O)C1CC1. The number of anilines is 1. The van der Waals surface area contributed by atoms with Gasteiger partial charge in [0.25, 0.3) is 0 Å². The third kappa shape index (κ3) is 4.95. The highest BCUT2D eigenvalue weighted by Crippen LogP contribution is 2.28. The monoisotopic (exact) mass is 409 g/mol. The molecule has 1 saturated heterocycles. The Labute approximate surface area is 175 Å². The van der Waals surface area contributed by atoms with Crippen LogP contribution in [0.2, 0.25) is 0 Å². The zero-order valence-electron chi connectivity index (χ0n) is 16.8. The zero-order valence-corrected chi connectivity index (χ0v) is 16.8. The lowest BCUT2D eigenvalue weighted by molar-refractivity contribution is -0.138. The molecular formula is C22H27N5O3. The molecule has 2 aliphatic rings. The quantitative estimate of drug-likeness (QED) is 0.606. The van der Waals surface area contributed by atoms with Crippen molar-refractivity contribution >= 4 is 17.6 Å². The van der Waals surface area contributed by atoms with Gasteiger partial charge in [-0.05, 0) is 43.4 Å². The summed E-state index contributed by atoms with van der Waals surface area (Å²) < 4.78 is 1.77. The number of aliphatic hydroxyl groups is 1. The number of hydrogen-bond acceptors (Lipinski definition) is 6. The molecule has 1 aliphatic carbocycles. The number of carboxylic acids is 1. The van der Waals surface area contributed by atoms with Gasteiger partial charge in [-0.15, -0.1) is 5.10 Å². The number of aromatic nitrogens is 3. The molecule has 158 valence electrons. The second-order valence-corrected chi connectivity index (χ2v) is 7.97. The van der Waals surface area contributed by atoms with Crippen LogP contribution in [0.5, 0.6) is 0 Å². The highest BCUT2D eigenvalue weighted by molar-refractivity contribution is 5.72. The molecular weight excluding hydrogens is 382 g/mol. The van der Waals surface area contributed by atoms with Gasteiger partial charge in [0, 0.05) is 25.2 Å². The van der Waals surface area contributed by atoms with Crippen LogP contribution in [0.3, 0.4) is 0 Å². The van der Waals surface area contributed by atoms with Crippen LogP contribution in [0.15, 0.2) is 42.5 Å². The molecule has 1 aromatic carbocycles. The number of nitrogens with zero attached hydrogens (tertiary/aromatic N) is 4. The van der Waals surface area contributed by atoms with E-state index in [4.69, 9.17) is 10.8 Å². The normalized spacial score (nSPS) is 17.5. The van der Waals surface area contributed by atoms with Crippen molar-refractivity contribution in [1.82, 2.24) is 19.5 Å². The number of likely N-dealkylation sites (tertiary alicyclic amines) is 1. The van der Waals surface area contributed by atoms with Crippen LogP contribution in [-0.4, -0.2) is 54.9 Å². The van der Waals surface area contributed by atoms with Crippen LogP contribution in [0.4, 0.5) is 5.95 Å². The van der Waals surface area contributed by atoms with Crippen molar-refractivity contribution in [1.29, 1.82) is 0 Å². The molecule has 0 amide bonds. The molecule has 2 fully saturated rings. The van der Waals surface area contributed by atoms with Gasteiger partial charge in [0.1, 0.15) is 0 Å². The summed E-state index contributed by atoms with van der Waals surface area (Å²) in [5.74, 6) is -0.327. The number of benzene rings is 1. The van der Waals surface area contributed by atoms with Crippen LogP contribution in [0.1, 0.15) is 31.2 Å². The number of aliphatic carboxylic acids is 1. The van der Waals surface area contributed by atoms with Crippen LogP contribution in [0.25, 0.3) is 16.9 Å². The molecule has 8 nitrogen and oxygen atoms in total. The first-order valence-electron chi connectivity index (χ1n) is 10.3. The number of nitrogens with two attached hydrogens (primary N) is 1. The van der Waals surface area contributed by atoms with E-state index in [2.05, 4.69) is 39.2 Å². The van der Waals surface area contributed by atoms with Crippen molar-refractivity contribution in [2.45, 2.75) is 38.3 Å². The Morgan fingerprint density at radius 3 is 2.37 bits per heavy atom. The summed E-state index contributed by atoms with van der Waals surface area (Å²) in [5, 5.41) is 21.9. The molecule has 2 aromatic heterocycles. The molecule has 3 aromatic rings. The van der Waals surface area contributed by atoms with Crippen molar-refractivity contribution in [2.75, 3.05) is 18.8 Å². The van der Waals surface area contributed by atoms with E-state index in [9.17, 15) is 9.90 Å². The number of piperidine rings is 1. The van der Waals surface area contributed by atoms with E-state index in [0.29, 0.717) is 0 Å². The fourth-order valence-electron chi connectivity index (χ4n) is 3.59. The summed E-state index contributed by atoms with van der Waals surface area (Å²) in [7, 11) is 0. The summed E-state index contributed by atoms with van der Waals surface area (Å²) >= 11 is 0. The molecule has 1 saturated carbocycles. The molecule has 8 heteroatoms. The molecule has 0 unspecified atom stereocenters. The van der Waals surface area contributed by atoms with E-state index in [1.807, 2.05) is 18.2 Å². The van der Waals surface area contributed by atoms with Crippen LogP contribution in [-0.2, 0) is 11.3 Å². The zero-order chi connectivity index (χ0) is 21.1. The van der Waals surface area contributed by atoms with E-state index < -0.39 is 5.97 Å². The number of aliphatic hydroxyl groups excluding tert-OH is 1. The van der Waals surface area contributed by atoms with E-state index in [1.54, 1.807) is 4.52 Å². The minimum absolute atomic E-state index is 0.0185. The maximum atomic E-state index is 9.76. The maximum absolute atomic E-state index is 9.76. The summed E-state index contributed by atoms with van der Waals surface area (Å²) in [4.78, 5) is 16.4.